The van der Waals surface area contributed by atoms with Crippen LogP contribution in [0.25, 0.3) is 0 Å². The Labute approximate surface area is 114 Å². The lowest BCUT2D eigenvalue weighted by Gasteiger charge is -2.11. The maximum atomic E-state index is 9.90. The molecule has 1 nitrogen and oxygen atoms in total. The van der Waals surface area contributed by atoms with Crippen LogP contribution in [0.1, 0.15) is 44.6 Å². The first-order chi connectivity index (χ1) is 8.13. The molecule has 0 radical (unpaired) electrons. The zero-order chi connectivity index (χ0) is 12.7. The SMILES string of the molecule is CCCCCCC(O)Cc1ccc(Cl)cc1Cl. The molecular formula is C14H20Cl2O. The molecular weight excluding hydrogens is 255 g/mol. The number of aliphatic hydroxyl groups is 1. The fourth-order valence-corrected chi connectivity index (χ4v) is 2.34. The number of hydrogen-bond acceptors (Lipinski definition) is 1. The molecule has 1 aromatic rings. The van der Waals surface area contributed by atoms with Gasteiger partial charge < -0.3 is 5.11 Å². The number of halogens is 2. The highest BCUT2D eigenvalue weighted by Crippen LogP contribution is 2.23. The topological polar surface area (TPSA) is 20.2 Å². The Balaban J connectivity index is 2.37. The van der Waals surface area contributed by atoms with Gasteiger partial charge in [-0.05, 0) is 30.5 Å². The lowest BCUT2D eigenvalue weighted by Crippen LogP contribution is -2.10. The van der Waals surface area contributed by atoms with Gasteiger partial charge in [0.1, 0.15) is 0 Å². The first kappa shape index (κ1) is 14.8. The minimum absolute atomic E-state index is 0.300. The quantitative estimate of drug-likeness (QED) is 0.704. The summed E-state index contributed by atoms with van der Waals surface area (Å²) in [5.74, 6) is 0. The molecule has 3 heteroatoms. The molecule has 0 bridgehead atoms. The van der Waals surface area contributed by atoms with Gasteiger partial charge in [0.15, 0.2) is 0 Å². The molecule has 96 valence electrons. The Morgan fingerprint density at radius 3 is 2.59 bits per heavy atom. The molecule has 0 amide bonds. The summed E-state index contributed by atoms with van der Waals surface area (Å²) in [5, 5.41) is 11.2. The van der Waals surface area contributed by atoms with Crippen LogP contribution in [0.4, 0.5) is 0 Å². The molecule has 0 spiro atoms. The van der Waals surface area contributed by atoms with Crippen LogP contribution in [-0.4, -0.2) is 11.2 Å². The van der Waals surface area contributed by atoms with E-state index in [4.69, 9.17) is 23.2 Å². The van der Waals surface area contributed by atoms with Crippen molar-refractivity contribution in [3.63, 3.8) is 0 Å². The van der Waals surface area contributed by atoms with E-state index in [0.29, 0.717) is 16.5 Å². The van der Waals surface area contributed by atoms with Crippen LogP contribution in [0.15, 0.2) is 18.2 Å². The lowest BCUT2D eigenvalue weighted by atomic mass is 10.0. The van der Waals surface area contributed by atoms with Gasteiger partial charge in [-0.3, -0.25) is 0 Å². The maximum Gasteiger partial charge on any atom is 0.0581 e. The van der Waals surface area contributed by atoms with E-state index in [9.17, 15) is 5.11 Å². The van der Waals surface area contributed by atoms with Crippen LogP contribution >= 0.6 is 23.2 Å². The largest absolute Gasteiger partial charge is 0.393 e. The van der Waals surface area contributed by atoms with E-state index in [1.165, 1.54) is 19.3 Å². The van der Waals surface area contributed by atoms with Crippen molar-refractivity contribution in [2.45, 2.75) is 51.6 Å². The Kier molecular flexibility index (Phi) is 6.94. The second kappa shape index (κ2) is 7.97. The van der Waals surface area contributed by atoms with E-state index in [0.717, 1.165) is 18.4 Å². The van der Waals surface area contributed by atoms with Gasteiger partial charge in [0, 0.05) is 10.0 Å². The Hall–Kier alpha value is -0.240. The summed E-state index contributed by atoms with van der Waals surface area (Å²) in [5.41, 5.74) is 0.971. The number of rotatable bonds is 7. The highest BCUT2D eigenvalue weighted by atomic mass is 35.5. The van der Waals surface area contributed by atoms with Crippen molar-refractivity contribution in [2.75, 3.05) is 0 Å². The smallest absolute Gasteiger partial charge is 0.0581 e. The van der Waals surface area contributed by atoms with E-state index < -0.39 is 0 Å². The minimum Gasteiger partial charge on any atom is -0.393 e. The normalized spacial score (nSPS) is 12.7. The van der Waals surface area contributed by atoms with Gasteiger partial charge in [-0.2, -0.15) is 0 Å². The second-order valence-corrected chi connectivity index (χ2v) is 5.29. The van der Waals surface area contributed by atoms with Crippen LogP contribution in [-0.2, 0) is 6.42 Å². The molecule has 17 heavy (non-hydrogen) atoms. The summed E-state index contributed by atoms with van der Waals surface area (Å²) < 4.78 is 0. The zero-order valence-corrected chi connectivity index (χ0v) is 11.8. The van der Waals surface area contributed by atoms with Gasteiger partial charge in [-0.1, -0.05) is 61.9 Å². The third kappa shape index (κ3) is 5.76. The van der Waals surface area contributed by atoms with Gasteiger partial charge in [0.25, 0.3) is 0 Å². The van der Waals surface area contributed by atoms with E-state index in [-0.39, 0.29) is 6.10 Å². The predicted molar refractivity (Wildman–Crippen MR) is 74.9 cm³/mol. The monoisotopic (exact) mass is 274 g/mol. The highest BCUT2D eigenvalue weighted by Gasteiger charge is 2.08. The molecule has 0 aliphatic carbocycles. The van der Waals surface area contributed by atoms with E-state index in [1.54, 1.807) is 6.07 Å². The molecule has 1 N–H and O–H groups in total. The maximum absolute atomic E-state index is 9.90. The number of benzene rings is 1. The summed E-state index contributed by atoms with van der Waals surface area (Å²) >= 11 is 11.9. The van der Waals surface area contributed by atoms with Crippen molar-refractivity contribution in [3.05, 3.63) is 33.8 Å². The molecule has 1 atom stereocenters. The average Bonchev–Trinajstić information content (AvgIpc) is 2.28. The van der Waals surface area contributed by atoms with Crippen LogP contribution in [0, 0.1) is 0 Å². The average molecular weight is 275 g/mol. The van der Waals surface area contributed by atoms with E-state index >= 15 is 0 Å². The van der Waals surface area contributed by atoms with Crippen LogP contribution in [0.3, 0.4) is 0 Å². The van der Waals surface area contributed by atoms with Crippen molar-refractivity contribution in [2.24, 2.45) is 0 Å². The molecule has 0 aliphatic heterocycles. The fourth-order valence-electron chi connectivity index (χ4n) is 1.85. The van der Waals surface area contributed by atoms with Crippen molar-refractivity contribution < 1.29 is 5.11 Å². The number of hydrogen-bond donors (Lipinski definition) is 1. The second-order valence-electron chi connectivity index (χ2n) is 4.44. The molecule has 0 saturated heterocycles. The minimum atomic E-state index is -0.300. The van der Waals surface area contributed by atoms with Gasteiger partial charge in [0.2, 0.25) is 0 Å². The summed E-state index contributed by atoms with van der Waals surface area (Å²) in [6.07, 6.45) is 5.90. The van der Waals surface area contributed by atoms with Gasteiger partial charge in [-0.25, -0.2) is 0 Å². The van der Waals surface area contributed by atoms with Crippen LogP contribution in [0.5, 0.6) is 0 Å². The first-order valence-corrected chi connectivity index (χ1v) is 7.01. The number of unbranched alkanes of at least 4 members (excludes halogenated alkanes) is 3. The van der Waals surface area contributed by atoms with Crippen molar-refractivity contribution in [3.8, 4) is 0 Å². The molecule has 1 rings (SSSR count). The predicted octanol–water partition coefficient (Wildman–Crippen LogP) is 4.87. The van der Waals surface area contributed by atoms with Crippen molar-refractivity contribution in [1.82, 2.24) is 0 Å². The Morgan fingerprint density at radius 1 is 1.18 bits per heavy atom. The van der Waals surface area contributed by atoms with E-state index in [1.807, 2.05) is 12.1 Å². The molecule has 0 fully saturated rings. The Morgan fingerprint density at radius 2 is 1.94 bits per heavy atom. The molecule has 0 saturated carbocycles. The molecule has 0 aliphatic rings. The summed E-state index contributed by atoms with van der Waals surface area (Å²) in [7, 11) is 0. The summed E-state index contributed by atoms with van der Waals surface area (Å²) in [6, 6.07) is 5.43. The van der Waals surface area contributed by atoms with Crippen molar-refractivity contribution in [1.29, 1.82) is 0 Å². The first-order valence-electron chi connectivity index (χ1n) is 6.25. The highest BCUT2D eigenvalue weighted by molar-refractivity contribution is 6.35. The van der Waals surface area contributed by atoms with Gasteiger partial charge in [-0.15, -0.1) is 0 Å². The van der Waals surface area contributed by atoms with Gasteiger partial charge >= 0.3 is 0 Å². The third-order valence-electron chi connectivity index (χ3n) is 2.86. The standard InChI is InChI=1S/C14H20Cl2O/c1-2-3-4-5-6-13(17)9-11-7-8-12(15)10-14(11)16/h7-8,10,13,17H,2-6,9H2,1H3. The third-order valence-corrected chi connectivity index (χ3v) is 3.45. The summed E-state index contributed by atoms with van der Waals surface area (Å²) in [6.45, 7) is 2.18. The summed E-state index contributed by atoms with van der Waals surface area (Å²) in [4.78, 5) is 0. The zero-order valence-electron chi connectivity index (χ0n) is 10.3. The van der Waals surface area contributed by atoms with Crippen LogP contribution < -0.4 is 0 Å². The lowest BCUT2D eigenvalue weighted by molar-refractivity contribution is 0.161. The van der Waals surface area contributed by atoms with Crippen molar-refractivity contribution >= 4 is 23.2 Å². The Bertz CT molecular complexity index is 339. The molecule has 1 aromatic carbocycles. The molecule has 1 unspecified atom stereocenters. The number of aliphatic hydroxyl groups excluding tert-OH is 1. The van der Waals surface area contributed by atoms with Crippen LogP contribution in [0.2, 0.25) is 10.0 Å². The van der Waals surface area contributed by atoms with E-state index in [2.05, 4.69) is 6.92 Å². The fraction of sp³-hybridized carbons (Fsp3) is 0.571. The van der Waals surface area contributed by atoms with Gasteiger partial charge in [0.05, 0.1) is 6.10 Å². The molecule has 0 aromatic heterocycles. The molecule has 0 heterocycles.